The van der Waals surface area contributed by atoms with E-state index in [0.717, 1.165) is 5.92 Å². The lowest BCUT2D eigenvalue weighted by molar-refractivity contribution is 0.407. The normalized spacial score (nSPS) is 10.8. The maximum atomic E-state index is 2.30. The van der Waals surface area contributed by atoms with Gasteiger partial charge in [-0.15, -0.1) is 0 Å². The fraction of sp³-hybridized carbons (Fsp3) is 1.00. The zero-order chi connectivity index (χ0) is 8.53. The summed E-state index contributed by atoms with van der Waals surface area (Å²) in [5.74, 6) is 1.03. The van der Waals surface area contributed by atoms with Crippen LogP contribution >= 0.6 is 0 Å². The molecule has 0 nitrogen and oxygen atoms in total. The third-order valence-corrected chi connectivity index (χ3v) is 2.36. The summed E-state index contributed by atoms with van der Waals surface area (Å²) >= 11 is 0. The summed E-state index contributed by atoms with van der Waals surface area (Å²) in [6, 6.07) is 0. The highest BCUT2D eigenvalue weighted by Crippen LogP contribution is 2.19. The summed E-state index contributed by atoms with van der Waals surface area (Å²) in [7, 11) is 2.29. The van der Waals surface area contributed by atoms with Crippen molar-refractivity contribution in [2.45, 2.75) is 58.7 Å². The molecule has 0 saturated carbocycles. The van der Waals surface area contributed by atoms with Crippen LogP contribution in [0.2, 0.25) is 6.32 Å². The summed E-state index contributed by atoms with van der Waals surface area (Å²) in [4.78, 5) is 0. The summed E-state index contributed by atoms with van der Waals surface area (Å²) < 4.78 is 0. The maximum absolute atomic E-state index is 2.30. The second kappa shape index (κ2) is 8.16. The van der Waals surface area contributed by atoms with E-state index in [4.69, 9.17) is 0 Å². The average molecular weight is 154 g/mol. The standard InChI is InChI=1S/C10H23B/c1-3-6-10(7-4-2)8-5-9-11/h10H,3-9,11H2,1-2H3. The van der Waals surface area contributed by atoms with Gasteiger partial charge in [0.15, 0.2) is 0 Å². The van der Waals surface area contributed by atoms with Crippen molar-refractivity contribution in [3.05, 3.63) is 0 Å². The molecule has 0 radical (unpaired) electrons. The van der Waals surface area contributed by atoms with Crippen molar-refractivity contribution in [1.29, 1.82) is 0 Å². The van der Waals surface area contributed by atoms with Gasteiger partial charge in [-0.05, 0) is 5.92 Å². The van der Waals surface area contributed by atoms with Crippen molar-refractivity contribution < 1.29 is 0 Å². The first-order valence-electron chi connectivity index (χ1n) is 5.35. The lowest BCUT2D eigenvalue weighted by Crippen LogP contribution is -1.99. The summed E-state index contributed by atoms with van der Waals surface area (Å²) in [6.45, 7) is 4.60. The summed E-state index contributed by atoms with van der Waals surface area (Å²) in [5.41, 5.74) is 0. The van der Waals surface area contributed by atoms with Gasteiger partial charge < -0.3 is 0 Å². The summed E-state index contributed by atoms with van der Waals surface area (Å²) in [5, 5.41) is 0. The Labute approximate surface area is 73.2 Å². The molecule has 0 saturated heterocycles. The van der Waals surface area contributed by atoms with Crippen LogP contribution in [0.1, 0.15) is 52.4 Å². The zero-order valence-corrected chi connectivity index (χ0v) is 8.53. The predicted octanol–water partition coefficient (Wildman–Crippen LogP) is 3.03. The fourth-order valence-electron chi connectivity index (χ4n) is 1.74. The minimum absolute atomic E-state index is 1.03. The molecule has 0 aromatic carbocycles. The lowest BCUT2D eigenvalue weighted by atomic mass is 9.89. The molecule has 0 aromatic heterocycles. The Balaban J connectivity index is 3.34. The quantitative estimate of drug-likeness (QED) is 0.494. The molecule has 11 heavy (non-hydrogen) atoms. The van der Waals surface area contributed by atoms with E-state index < -0.39 is 0 Å². The molecule has 0 amide bonds. The third kappa shape index (κ3) is 6.46. The SMILES string of the molecule is BCCCC(CCC)CCC. The first kappa shape index (κ1) is 11.1. The molecule has 0 aliphatic heterocycles. The van der Waals surface area contributed by atoms with Crippen molar-refractivity contribution in [3.8, 4) is 0 Å². The van der Waals surface area contributed by atoms with Crippen molar-refractivity contribution in [2.75, 3.05) is 0 Å². The van der Waals surface area contributed by atoms with Crippen LogP contribution in [0.4, 0.5) is 0 Å². The zero-order valence-electron chi connectivity index (χ0n) is 8.53. The number of rotatable bonds is 7. The molecular weight excluding hydrogens is 131 g/mol. The van der Waals surface area contributed by atoms with Crippen LogP contribution in [0.5, 0.6) is 0 Å². The molecule has 0 bridgehead atoms. The topological polar surface area (TPSA) is 0 Å². The van der Waals surface area contributed by atoms with E-state index in [1.807, 2.05) is 0 Å². The third-order valence-electron chi connectivity index (χ3n) is 2.36. The van der Waals surface area contributed by atoms with Crippen LogP contribution in [-0.2, 0) is 0 Å². The molecule has 0 atom stereocenters. The Morgan fingerprint density at radius 2 is 1.55 bits per heavy atom. The second-order valence-electron chi connectivity index (χ2n) is 3.59. The lowest BCUT2D eigenvalue weighted by Gasteiger charge is -2.13. The van der Waals surface area contributed by atoms with Gasteiger partial charge in [-0.25, -0.2) is 0 Å². The van der Waals surface area contributed by atoms with E-state index in [9.17, 15) is 0 Å². The molecule has 0 heterocycles. The van der Waals surface area contributed by atoms with Crippen LogP contribution in [0.15, 0.2) is 0 Å². The van der Waals surface area contributed by atoms with Crippen molar-refractivity contribution in [2.24, 2.45) is 5.92 Å². The Kier molecular flexibility index (Phi) is 8.21. The molecule has 0 N–H and O–H groups in total. The van der Waals surface area contributed by atoms with Crippen molar-refractivity contribution in [1.82, 2.24) is 0 Å². The van der Waals surface area contributed by atoms with E-state index in [1.54, 1.807) is 0 Å². The van der Waals surface area contributed by atoms with Gasteiger partial charge in [0.25, 0.3) is 0 Å². The van der Waals surface area contributed by atoms with Gasteiger partial charge in [-0.3, -0.25) is 0 Å². The molecule has 0 aliphatic rings. The molecule has 0 aliphatic carbocycles. The van der Waals surface area contributed by atoms with E-state index in [0.29, 0.717) is 0 Å². The largest absolute Gasteiger partial charge is 0.101 e. The van der Waals surface area contributed by atoms with Crippen LogP contribution < -0.4 is 0 Å². The molecule has 66 valence electrons. The number of hydrogen-bond donors (Lipinski definition) is 0. The molecule has 0 unspecified atom stereocenters. The first-order valence-corrected chi connectivity index (χ1v) is 5.35. The highest BCUT2D eigenvalue weighted by atomic mass is 14.1. The molecule has 1 heteroatoms. The highest BCUT2D eigenvalue weighted by molar-refractivity contribution is 6.08. The Morgan fingerprint density at radius 1 is 1.00 bits per heavy atom. The average Bonchev–Trinajstić information content (AvgIpc) is 2.01. The molecule has 0 aromatic rings. The van der Waals surface area contributed by atoms with Crippen LogP contribution in [-0.4, -0.2) is 7.85 Å². The molecule has 0 fully saturated rings. The summed E-state index contributed by atoms with van der Waals surface area (Å²) in [6.07, 6.45) is 9.91. The van der Waals surface area contributed by atoms with Crippen molar-refractivity contribution >= 4 is 7.85 Å². The first-order chi connectivity index (χ1) is 5.35. The number of hydrogen-bond acceptors (Lipinski definition) is 0. The van der Waals surface area contributed by atoms with Gasteiger partial charge in [0.05, 0.1) is 0 Å². The minimum atomic E-state index is 1.03. The Hall–Kier alpha value is 0.0649. The minimum Gasteiger partial charge on any atom is -0.0810 e. The van der Waals surface area contributed by atoms with Gasteiger partial charge >= 0.3 is 0 Å². The van der Waals surface area contributed by atoms with Crippen LogP contribution in [0.25, 0.3) is 0 Å². The van der Waals surface area contributed by atoms with E-state index >= 15 is 0 Å². The molecule has 0 spiro atoms. The van der Waals surface area contributed by atoms with Gasteiger partial charge in [0.2, 0.25) is 0 Å². The second-order valence-corrected chi connectivity index (χ2v) is 3.59. The molecule has 0 rings (SSSR count). The Bertz CT molecular complexity index is 65.3. The predicted molar refractivity (Wildman–Crippen MR) is 55.9 cm³/mol. The van der Waals surface area contributed by atoms with Crippen LogP contribution in [0.3, 0.4) is 0 Å². The van der Waals surface area contributed by atoms with Gasteiger partial charge in [0, 0.05) is 0 Å². The van der Waals surface area contributed by atoms with Gasteiger partial charge in [0.1, 0.15) is 7.85 Å². The van der Waals surface area contributed by atoms with Crippen LogP contribution in [0, 0.1) is 5.92 Å². The van der Waals surface area contributed by atoms with E-state index in [-0.39, 0.29) is 0 Å². The fourth-order valence-corrected chi connectivity index (χ4v) is 1.74. The maximum Gasteiger partial charge on any atom is 0.101 e. The van der Waals surface area contributed by atoms with E-state index in [1.165, 1.54) is 44.8 Å². The highest BCUT2D eigenvalue weighted by Gasteiger charge is 2.04. The van der Waals surface area contributed by atoms with Gasteiger partial charge in [-0.2, -0.15) is 0 Å². The van der Waals surface area contributed by atoms with E-state index in [2.05, 4.69) is 21.7 Å². The monoisotopic (exact) mass is 154 g/mol. The molecular formula is C10H23B. The van der Waals surface area contributed by atoms with Gasteiger partial charge in [-0.1, -0.05) is 58.7 Å². The smallest absolute Gasteiger partial charge is 0.0810 e. The Morgan fingerprint density at radius 3 is 1.91 bits per heavy atom. The van der Waals surface area contributed by atoms with Crippen molar-refractivity contribution in [3.63, 3.8) is 0 Å².